The van der Waals surface area contributed by atoms with Gasteiger partial charge in [0.05, 0.1) is 21.5 Å². The molecule has 0 aliphatic heterocycles. The van der Waals surface area contributed by atoms with Gasteiger partial charge in [0.2, 0.25) is 5.91 Å². The van der Waals surface area contributed by atoms with E-state index in [1.807, 2.05) is 5.32 Å². The number of ketones is 1. The fourth-order valence-corrected chi connectivity index (χ4v) is 7.18. The zero-order valence-electron chi connectivity index (χ0n) is 26.1. The first kappa shape index (κ1) is 37.8. The zero-order valence-corrected chi connectivity index (χ0v) is 28.5. The van der Waals surface area contributed by atoms with Crippen molar-refractivity contribution in [2.24, 2.45) is 5.92 Å². The molecule has 4 aromatic rings. The van der Waals surface area contributed by atoms with Gasteiger partial charge < -0.3 is 5.32 Å². The molecule has 0 bridgehead atoms. The summed E-state index contributed by atoms with van der Waals surface area (Å²) >= 11 is 5.83. The number of carbonyl (C=O) groups excluding carboxylic acids is 3. The van der Waals surface area contributed by atoms with Gasteiger partial charge in [0.15, 0.2) is 0 Å². The highest BCUT2D eigenvalue weighted by atomic mass is 35.5. The van der Waals surface area contributed by atoms with Gasteiger partial charge in [-0.05, 0) is 60.0 Å². The number of halogens is 4. The van der Waals surface area contributed by atoms with Crippen molar-refractivity contribution in [3.63, 3.8) is 0 Å². The molecule has 0 radical (unpaired) electrons. The van der Waals surface area contributed by atoms with Gasteiger partial charge in [0.1, 0.15) is 12.2 Å². The van der Waals surface area contributed by atoms with E-state index < -0.39 is 83.5 Å². The van der Waals surface area contributed by atoms with E-state index in [4.69, 9.17) is 11.6 Å². The summed E-state index contributed by atoms with van der Waals surface area (Å²) in [5.74, 6) is -4.49. The average Bonchev–Trinajstić information content (AvgIpc) is 3.05. The lowest BCUT2D eigenvalue weighted by Gasteiger charge is -2.25. The molecule has 3 aromatic carbocycles. The van der Waals surface area contributed by atoms with Crippen molar-refractivity contribution in [2.45, 2.75) is 42.4 Å². The van der Waals surface area contributed by atoms with Crippen molar-refractivity contribution in [2.75, 3.05) is 4.31 Å². The number of nitrogens with one attached hydrogen (secondary N) is 2. The van der Waals surface area contributed by atoms with E-state index in [1.165, 1.54) is 56.3 Å². The minimum atomic E-state index is -5.29. The standard InChI is InChI=1S/C32H28ClF3N4O8S2/c1-20(2)28(29(42)32(34,35)36)37-27(41)19-39-25(21-9-5-3-6-10-21)17-18-26(30(39)43)40(50(47,48)24-11-7-4-8-12-24)31(44)38-49(45,46)23-15-13-22(33)14-16-23/h3-18,20,28H,19H2,1-2H3,(H,37,41)(H,38,44). The predicted octanol–water partition coefficient (Wildman–Crippen LogP) is 4.73. The van der Waals surface area contributed by atoms with Gasteiger partial charge >= 0.3 is 12.2 Å². The molecule has 264 valence electrons. The van der Waals surface area contributed by atoms with Crippen LogP contribution in [0.1, 0.15) is 13.8 Å². The first-order valence-electron chi connectivity index (χ1n) is 14.5. The number of pyridine rings is 1. The maximum Gasteiger partial charge on any atom is 0.452 e. The summed E-state index contributed by atoms with van der Waals surface area (Å²) in [6.45, 7) is 1.48. The highest BCUT2D eigenvalue weighted by molar-refractivity contribution is 7.94. The normalized spacial score (nSPS) is 12.6. The lowest BCUT2D eigenvalue weighted by Crippen LogP contribution is -2.51. The number of amides is 3. The number of benzene rings is 3. The van der Waals surface area contributed by atoms with Gasteiger partial charge in [-0.2, -0.15) is 17.5 Å². The molecule has 0 spiro atoms. The minimum absolute atomic E-state index is 0.0380. The molecule has 1 atom stereocenters. The molecular formula is C32H28ClF3N4O8S2. The van der Waals surface area contributed by atoms with Gasteiger partial charge in [-0.15, -0.1) is 0 Å². The molecule has 1 unspecified atom stereocenters. The van der Waals surface area contributed by atoms with Crippen LogP contribution in [0.25, 0.3) is 11.3 Å². The number of sulfonamides is 2. The van der Waals surface area contributed by atoms with Crippen LogP contribution in [-0.4, -0.2) is 51.3 Å². The topological polar surface area (TPSA) is 169 Å². The summed E-state index contributed by atoms with van der Waals surface area (Å²) in [4.78, 5) is 52.2. The number of Topliss-reactive ketones (excluding diaryl/α,β-unsaturated/α-hetero) is 1. The molecule has 50 heavy (non-hydrogen) atoms. The fraction of sp³-hybridized carbons (Fsp3) is 0.188. The van der Waals surface area contributed by atoms with Gasteiger partial charge in [0.25, 0.3) is 31.4 Å². The second-order valence-corrected chi connectivity index (χ2v) is 14.9. The van der Waals surface area contributed by atoms with Crippen LogP contribution in [0.3, 0.4) is 0 Å². The Balaban J connectivity index is 1.89. The van der Waals surface area contributed by atoms with Crippen LogP contribution in [0, 0.1) is 5.92 Å². The minimum Gasteiger partial charge on any atom is -0.344 e. The van der Waals surface area contributed by atoms with Crippen LogP contribution in [0.2, 0.25) is 5.02 Å². The predicted molar refractivity (Wildman–Crippen MR) is 177 cm³/mol. The van der Waals surface area contributed by atoms with E-state index in [1.54, 1.807) is 22.9 Å². The Bertz CT molecular complexity index is 2180. The summed E-state index contributed by atoms with van der Waals surface area (Å²) in [7, 11) is -9.83. The van der Waals surface area contributed by atoms with Crippen molar-refractivity contribution in [3.05, 3.63) is 112 Å². The Morgan fingerprint density at radius 3 is 1.92 bits per heavy atom. The van der Waals surface area contributed by atoms with Crippen LogP contribution in [0.5, 0.6) is 0 Å². The van der Waals surface area contributed by atoms with Crippen LogP contribution < -0.4 is 19.9 Å². The van der Waals surface area contributed by atoms with Crippen molar-refractivity contribution in [1.29, 1.82) is 0 Å². The first-order chi connectivity index (χ1) is 23.3. The number of rotatable bonds is 11. The molecule has 0 aliphatic carbocycles. The monoisotopic (exact) mass is 752 g/mol. The molecule has 0 saturated carbocycles. The van der Waals surface area contributed by atoms with Crippen LogP contribution >= 0.6 is 11.6 Å². The summed E-state index contributed by atoms with van der Waals surface area (Å²) in [6, 6.07) is 16.8. The number of anilines is 1. The molecule has 4 rings (SSSR count). The lowest BCUT2D eigenvalue weighted by molar-refractivity contribution is -0.174. The molecule has 0 saturated heterocycles. The van der Waals surface area contributed by atoms with Crippen molar-refractivity contribution >= 4 is 55.1 Å². The number of alkyl halides is 3. The molecule has 1 aromatic heterocycles. The third kappa shape index (κ3) is 8.40. The summed E-state index contributed by atoms with van der Waals surface area (Å²) in [5.41, 5.74) is -2.02. The molecule has 0 fully saturated rings. The number of carbonyl (C=O) groups is 3. The number of hydrogen-bond donors (Lipinski definition) is 2. The lowest BCUT2D eigenvalue weighted by atomic mass is 9.99. The van der Waals surface area contributed by atoms with Crippen LogP contribution in [0.15, 0.2) is 112 Å². The highest BCUT2D eigenvalue weighted by Crippen LogP contribution is 2.26. The zero-order chi connectivity index (χ0) is 37.0. The molecular weight excluding hydrogens is 725 g/mol. The van der Waals surface area contributed by atoms with E-state index in [2.05, 4.69) is 0 Å². The van der Waals surface area contributed by atoms with Crippen LogP contribution in [-0.2, 0) is 36.2 Å². The van der Waals surface area contributed by atoms with E-state index in [0.29, 0.717) is 10.1 Å². The van der Waals surface area contributed by atoms with Crippen LogP contribution in [0.4, 0.5) is 23.7 Å². The van der Waals surface area contributed by atoms with Gasteiger partial charge in [-0.25, -0.2) is 26.4 Å². The highest BCUT2D eigenvalue weighted by Gasteiger charge is 2.45. The summed E-state index contributed by atoms with van der Waals surface area (Å²) in [6.07, 6.45) is -5.29. The van der Waals surface area contributed by atoms with Gasteiger partial charge in [0, 0.05) is 5.02 Å². The smallest absolute Gasteiger partial charge is 0.344 e. The fourth-order valence-electron chi connectivity index (χ4n) is 4.69. The molecule has 12 nitrogen and oxygen atoms in total. The number of nitrogens with zero attached hydrogens (tertiary/aromatic N) is 2. The maximum atomic E-state index is 14.2. The molecule has 1 heterocycles. The van der Waals surface area contributed by atoms with Gasteiger partial charge in [-0.1, -0.05) is 74.0 Å². The maximum absolute atomic E-state index is 14.2. The Morgan fingerprint density at radius 1 is 0.820 bits per heavy atom. The molecule has 18 heteroatoms. The Labute approximate surface area is 289 Å². The quantitative estimate of drug-likeness (QED) is 0.222. The molecule has 3 amide bonds. The molecule has 0 aliphatic rings. The summed E-state index contributed by atoms with van der Waals surface area (Å²) < 4.78 is 96.3. The number of hydrogen-bond acceptors (Lipinski definition) is 8. The number of urea groups is 1. The Kier molecular flexibility index (Phi) is 11.2. The second kappa shape index (κ2) is 14.9. The van der Waals surface area contributed by atoms with Crippen molar-refractivity contribution in [1.82, 2.24) is 14.6 Å². The van der Waals surface area contributed by atoms with Crippen molar-refractivity contribution < 1.29 is 44.4 Å². The number of aromatic nitrogens is 1. The third-order valence-corrected chi connectivity index (χ3v) is 10.4. The third-order valence-electron chi connectivity index (χ3n) is 7.10. The summed E-state index contributed by atoms with van der Waals surface area (Å²) in [5, 5.41) is 2.15. The SMILES string of the molecule is CC(C)C(NC(=O)Cn1c(-c2ccccc2)ccc(N(C(=O)NS(=O)(=O)c2ccc(Cl)cc2)S(=O)(=O)c2ccccc2)c1=O)C(=O)C(F)(F)F. The van der Waals surface area contributed by atoms with E-state index in [0.717, 1.165) is 36.4 Å². The first-order valence-corrected chi connectivity index (χ1v) is 17.8. The average molecular weight is 753 g/mol. The van der Waals surface area contributed by atoms with Gasteiger partial charge in [-0.3, -0.25) is 19.0 Å². The molecule has 2 N–H and O–H groups in total. The second-order valence-electron chi connectivity index (χ2n) is 11.0. The van der Waals surface area contributed by atoms with E-state index in [-0.39, 0.29) is 15.0 Å². The van der Waals surface area contributed by atoms with E-state index in [9.17, 15) is 49.2 Å². The largest absolute Gasteiger partial charge is 0.452 e. The van der Waals surface area contributed by atoms with E-state index >= 15 is 0 Å². The van der Waals surface area contributed by atoms with Crippen molar-refractivity contribution in [3.8, 4) is 11.3 Å². The Morgan fingerprint density at radius 2 is 1.38 bits per heavy atom. The Hall–Kier alpha value is -5.00.